The van der Waals surface area contributed by atoms with Crippen LogP contribution in [0.5, 0.6) is 0 Å². The molecule has 5 rings (SSSR count). The Balaban J connectivity index is 1.33. The van der Waals surface area contributed by atoms with E-state index in [4.69, 9.17) is 4.84 Å². The van der Waals surface area contributed by atoms with Crippen LogP contribution in [0.25, 0.3) is 0 Å². The summed E-state index contributed by atoms with van der Waals surface area (Å²) < 4.78 is 0. The lowest BCUT2D eigenvalue weighted by atomic mass is 9.95. The van der Waals surface area contributed by atoms with Crippen molar-refractivity contribution in [3.05, 3.63) is 58.3 Å². The number of imide groups is 1. The normalized spacial score (nSPS) is 26.5. The molecule has 0 radical (unpaired) electrons. The number of fused-ring (bicyclic) bond motifs is 1. The van der Waals surface area contributed by atoms with Crippen LogP contribution in [0.1, 0.15) is 48.6 Å². The highest BCUT2D eigenvalue weighted by Crippen LogP contribution is 2.46. The smallest absolute Gasteiger partial charge is 0.261 e. The van der Waals surface area contributed by atoms with E-state index in [1.165, 1.54) is 22.7 Å². The van der Waals surface area contributed by atoms with Gasteiger partial charge in [-0.3, -0.25) is 24.1 Å². The Labute approximate surface area is 191 Å². The number of carbonyl (C=O) groups is 3. The summed E-state index contributed by atoms with van der Waals surface area (Å²) in [7, 11) is 0. The predicted octanol–water partition coefficient (Wildman–Crippen LogP) is 3.04. The molecule has 2 aliphatic heterocycles. The lowest BCUT2D eigenvalue weighted by Crippen LogP contribution is -2.44. The molecule has 0 spiro atoms. The zero-order valence-corrected chi connectivity index (χ0v) is 18.6. The van der Waals surface area contributed by atoms with Crippen LogP contribution in [-0.2, 0) is 25.8 Å². The van der Waals surface area contributed by atoms with Gasteiger partial charge >= 0.3 is 0 Å². The Bertz CT molecular complexity index is 974. The molecule has 3 aliphatic rings. The van der Waals surface area contributed by atoms with Gasteiger partial charge in [-0.1, -0.05) is 55.7 Å². The Morgan fingerprint density at radius 3 is 2.53 bits per heavy atom. The molecule has 2 saturated heterocycles. The number of rotatable bonds is 6. The molecular formula is C24H27N3O4S. The molecule has 168 valence electrons. The lowest BCUT2D eigenvalue weighted by Gasteiger charge is -2.27. The first kappa shape index (κ1) is 21.3. The van der Waals surface area contributed by atoms with E-state index in [0.29, 0.717) is 0 Å². The molecule has 8 heteroatoms. The zero-order chi connectivity index (χ0) is 22.1. The molecule has 1 aromatic carbocycles. The van der Waals surface area contributed by atoms with E-state index in [0.717, 1.165) is 36.1 Å². The number of thiophene rings is 1. The van der Waals surface area contributed by atoms with Crippen molar-refractivity contribution in [2.45, 2.75) is 56.8 Å². The molecular weight excluding hydrogens is 426 g/mol. The van der Waals surface area contributed by atoms with E-state index in [9.17, 15) is 14.4 Å². The number of carbonyl (C=O) groups excluding carboxylic acids is 3. The quantitative estimate of drug-likeness (QED) is 0.681. The van der Waals surface area contributed by atoms with Gasteiger partial charge in [0.05, 0.1) is 18.5 Å². The molecule has 3 heterocycles. The highest BCUT2D eigenvalue weighted by atomic mass is 32.1. The Morgan fingerprint density at radius 1 is 1.03 bits per heavy atom. The fourth-order valence-electron chi connectivity index (χ4n) is 5.02. The van der Waals surface area contributed by atoms with Crippen LogP contribution in [0.4, 0.5) is 0 Å². The van der Waals surface area contributed by atoms with Crippen LogP contribution in [0.3, 0.4) is 0 Å². The number of hydroxylamine groups is 2. The van der Waals surface area contributed by atoms with E-state index in [1.54, 1.807) is 5.06 Å². The minimum atomic E-state index is -0.888. The van der Waals surface area contributed by atoms with Crippen molar-refractivity contribution in [2.24, 2.45) is 5.92 Å². The Morgan fingerprint density at radius 2 is 1.81 bits per heavy atom. The third kappa shape index (κ3) is 4.10. The number of nitrogens with one attached hydrogen (secondary N) is 1. The predicted molar refractivity (Wildman–Crippen MR) is 119 cm³/mol. The molecule has 1 aromatic heterocycles. The number of amides is 3. The van der Waals surface area contributed by atoms with Gasteiger partial charge < -0.3 is 5.32 Å². The molecule has 3 atom stereocenters. The van der Waals surface area contributed by atoms with Gasteiger partial charge in [0.1, 0.15) is 6.54 Å². The Kier molecular flexibility index (Phi) is 6.08. The van der Waals surface area contributed by atoms with Gasteiger partial charge in [0, 0.05) is 10.9 Å². The molecule has 3 fully saturated rings. The van der Waals surface area contributed by atoms with Crippen molar-refractivity contribution in [1.29, 1.82) is 0 Å². The standard InChI is InChI=1S/C24H27N3O4S/c28-19(25-17-10-5-2-6-11-17)15-27-21(18-12-7-13-32-18)20-22(31-27)24(30)26(23(20)29)14-16-8-3-1-4-9-16/h1,3-4,7-9,12-13,17,20-22H,2,5-6,10-11,14-15H2,(H,25,28). The fraction of sp³-hybridized carbons (Fsp3) is 0.458. The minimum absolute atomic E-state index is 0.00527. The van der Waals surface area contributed by atoms with Gasteiger partial charge in [0.25, 0.3) is 5.91 Å². The molecule has 32 heavy (non-hydrogen) atoms. The molecule has 3 unspecified atom stereocenters. The third-order valence-electron chi connectivity index (χ3n) is 6.57. The summed E-state index contributed by atoms with van der Waals surface area (Å²) in [6, 6.07) is 13.1. The van der Waals surface area contributed by atoms with E-state index in [1.807, 2.05) is 47.8 Å². The molecule has 0 bridgehead atoms. The first-order valence-corrected chi connectivity index (χ1v) is 12.1. The van der Waals surface area contributed by atoms with Gasteiger partial charge in [-0.25, -0.2) is 0 Å². The van der Waals surface area contributed by atoms with E-state index >= 15 is 0 Å². The van der Waals surface area contributed by atoms with Crippen LogP contribution < -0.4 is 5.32 Å². The maximum Gasteiger partial charge on any atom is 0.261 e. The summed E-state index contributed by atoms with van der Waals surface area (Å²) in [5.41, 5.74) is 0.894. The number of nitrogens with zero attached hydrogens (tertiary/aromatic N) is 2. The van der Waals surface area contributed by atoms with Crippen LogP contribution in [-0.4, -0.2) is 46.4 Å². The van der Waals surface area contributed by atoms with E-state index in [-0.39, 0.29) is 36.9 Å². The van der Waals surface area contributed by atoms with Gasteiger partial charge in [0.15, 0.2) is 6.10 Å². The molecule has 7 nitrogen and oxygen atoms in total. The number of hydrogen-bond acceptors (Lipinski definition) is 6. The summed E-state index contributed by atoms with van der Waals surface area (Å²) >= 11 is 1.51. The second kappa shape index (κ2) is 9.13. The summed E-state index contributed by atoms with van der Waals surface area (Å²) in [6.45, 7) is 0.236. The SMILES string of the molecule is O=C(CN1OC2C(=O)N(Cc3ccccc3)C(=O)C2C1c1cccs1)NC1CCCCC1. The van der Waals surface area contributed by atoms with Crippen LogP contribution in [0, 0.1) is 5.92 Å². The average Bonchev–Trinajstić information content (AvgIpc) is 3.50. The van der Waals surface area contributed by atoms with Crippen molar-refractivity contribution >= 4 is 29.1 Å². The average molecular weight is 454 g/mol. The monoisotopic (exact) mass is 453 g/mol. The van der Waals surface area contributed by atoms with Crippen LogP contribution in [0.15, 0.2) is 47.8 Å². The van der Waals surface area contributed by atoms with Gasteiger partial charge in [-0.05, 0) is 29.9 Å². The minimum Gasteiger partial charge on any atom is -0.352 e. The van der Waals surface area contributed by atoms with Gasteiger partial charge in [-0.2, -0.15) is 5.06 Å². The number of likely N-dealkylation sites (tertiary alicyclic amines) is 1. The number of benzene rings is 1. The maximum atomic E-state index is 13.4. The third-order valence-corrected chi connectivity index (χ3v) is 7.52. The topological polar surface area (TPSA) is 79.0 Å². The Hall–Kier alpha value is -2.55. The first-order chi connectivity index (χ1) is 15.6. The summed E-state index contributed by atoms with van der Waals surface area (Å²) in [5, 5.41) is 6.59. The van der Waals surface area contributed by atoms with Crippen molar-refractivity contribution in [2.75, 3.05) is 6.54 Å². The van der Waals surface area contributed by atoms with Crippen LogP contribution in [0.2, 0.25) is 0 Å². The second-order valence-electron chi connectivity index (χ2n) is 8.74. The maximum absolute atomic E-state index is 13.4. The summed E-state index contributed by atoms with van der Waals surface area (Å²) in [6.07, 6.45) is 4.59. The largest absolute Gasteiger partial charge is 0.352 e. The molecule has 2 aromatic rings. The molecule has 1 N–H and O–H groups in total. The summed E-state index contributed by atoms with van der Waals surface area (Å²) in [5.74, 6) is -1.34. The van der Waals surface area contributed by atoms with Crippen molar-refractivity contribution in [3.63, 3.8) is 0 Å². The highest BCUT2D eigenvalue weighted by molar-refractivity contribution is 7.10. The first-order valence-electron chi connectivity index (χ1n) is 11.3. The van der Waals surface area contributed by atoms with Gasteiger partial charge in [-0.15, -0.1) is 11.3 Å². The fourth-order valence-corrected chi connectivity index (χ4v) is 5.90. The molecule has 3 amide bonds. The highest BCUT2D eigenvalue weighted by Gasteiger charge is 2.60. The summed E-state index contributed by atoms with van der Waals surface area (Å²) in [4.78, 5) is 47.5. The second-order valence-corrected chi connectivity index (χ2v) is 9.72. The lowest BCUT2D eigenvalue weighted by molar-refractivity contribution is -0.182. The number of hydrogen-bond donors (Lipinski definition) is 1. The molecule has 1 saturated carbocycles. The van der Waals surface area contributed by atoms with Crippen LogP contribution >= 0.6 is 11.3 Å². The van der Waals surface area contributed by atoms with E-state index in [2.05, 4.69) is 5.32 Å². The molecule has 1 aliphatic carbocycles. The van der Waals surface area contributed by atoms with E-state index < -0.39 is 18.1 Å². The van der Waals surface area contributed by atoms with Crippen molar-refractivity contribution in [1.82, 2.24) is 15.3 Å². The zero-order valence-electron chi connectivity index (χ0n) is 17.8. The van der Waals surface area contributed by atoms with Crippen molar-refractivity contribution in [3.8, 4) is 0 Å². The van der Waals surface area contributed by atoms with Crippen molar-refractivity contribution < 1.29 is 19.2 Å². The van der Waals surface area contributed by atoms with Gasteiger partial charge in [0.2, 0.25) is 11.8 Å².